The molecule has 0 N–H and O–H groups in total. The fourth-order valence-electron chi connectivity index (χ4n) is 2.73. The number of alkyl halides is 1. The molecule has 0 saturated heterocycles. The van der Waals surface area contributed by atoms with Gasteiger partial charge in [-0.2, -0.15) is 0 Å². The predicted molar refractivity (Wildman–Crippen MR) is 123 cm³/mol. The number of ether oxygens (including phenoxy) is 3. The number of benzene rings is 2. The number of esters is 1. The molecule has 168 valence electrons. The highest BCUT2D eigenvalue weighted by Gasteiger charge is 2.50. The molecule has 1 atom stereocenters. The van der Waals surface area contributed by atoms with E-state index in [1.807, 2.05) is 6.07 Å². The summed E-state index contributed by atoms with van der Waals surface area (Å²) in [6.07, 6.45) is -1.43. The Kier molecular flexibility index (Phi) is 8.81. The first kappa shape index (κ1) is 25.1. The van der Waals surface area contributed by atoms with Crippen LogP contribution >= 0.6 is 22.6 Å². The van der Waals surface area contributed by atoms with Crippen LogP contribution in [0.4, 0.5) is 9.18 Å². The second-order valence-electron chi connectivity index (χ2n) is 7.95. The summed E-state index contributed by atoms with van der Waals surface area (Å²) in [5.74, 6) is -4.03. The van der Waals surface area contributed by atoms with E-state index in [0.717, 1.165) is 3.57 Å². The van der Waals surface area contributed by atoms with E-state index in [2.05, 4.69) is 22.6 Å². The number of hydrogen-bond donors (Lipinski definition) is 0. The minimum Gasteiger partial charge on any atom is -0.457 e. The lowest BCUT2D eigenvalue weighted by Crippen LogP contribution is -2.57. The Hall–Kier alpha value is -2.20. The van der Waals surface area contributed by atoms with Gasteiger partial charge in [-0.1, -0.05) is 42.5 Å². The van der Waals surface area contributed by atoms with Crippen molar-refractivity contribution in [2.24, 2.45) is 0 Å². The summed E-state index contributed by atoms with van der Waals surface area (Å²) in [5.41, 5.74) is 0.327. The third-order valence-corrected chi connectivity index (χ3v) is 4.90. The van der Waals surface area contributed by atoms with Gasteiger partial charge in [0.15, 0.2) is 0 Å². The molecule has 0 aliphatic rings. The molecule has 0 heterocycles. The Morgan fingerprint density at radius 2 is 1.61 bits per heavy atom. The number of carbonyl (C=O) groups is 2. The lowest BCUT2D eigenvalue weighted by atomic mass is 10.0. The van der Waals surface area contributed by atoms with Crippen LogP contribution in [0.1, 0.15) is 31.9 Å². The Bertz CT molecular complexity index is 870. The van der Waals surface area contributed by atoms with Crippen LogP contribution in [0.2, 0.25) is 0 Å². The van der Waals surface area contributed by atoms with Gasteiger partial charge in [-0.05, 0) is 66.6 Å². The van der Waals surface area contributed by atoms with E-state index < -0.39 is 36.6 Å². The number of rotatable bonds is 8. The molecule has 0 aliphatic heterocycles. The topological polar surface area (TPSA) is 65.1 Å². The van der Waals surface area contributed by atoms with Gasteiger partial charge in [0.1, 0.15) is 18.9 Å². The highest BCUT2D eigenvalue weighted by Crippen LogP contribution is 2.28. The maximum absolute atomic E-state index is 16.4. The van der Waals surface area contributed by atoms with Crippen molar-refractivity contribution in [3.63, 3.8) is 0 Å². The minimum atomic E-state index is -2.83. The van der Waals surface area contributed by atoms with Crippen LogP contribution in [-0.4, -0.2) is 42.2 Å². The number of carbonyl (C=O) groups excluding carboxylic acids is 2. The molecule has 2 rings (SSSR count). The quantitative estimate of drug-likeness (QED) is 0.201. The molecular formula is C23H27FINO5. The molecule has 8 heteroatoms. The smallest absolute Gasteiger partial charge is 0.415 e. The first-order valence-electron chi connectivity index (χ1n) is 9.69. The summed E-state index contributed by atoms with van der Waals surface area (Å²) in [5, 5.41) is 0. The van der Waals surface area contributed by atoms with Crippen molar-refractivity contribution in [3.05, 3.63) is 69.3 Å². The average molecular weight is 543 g/mol. The van der Waals surface area contributed by atoms with Gasteiger partial charge >= 0.3 is 12.1 Å². The highest BCUT2D eigenvalue weighted by atomic mass is 127. The van der Waals surface area contributed by atoms with E-state index >= 15 is 4.39 Å². The van der Waals surface area contributed by atoms with Gasteiger partial charge < -0.3 is 14.2 Å². The van der Waals surface area contributed by atoms with E-state index in [4.69, 9.17) is 14.2 Å². The number of methoxy groups -OCH3 is 1. The molecule has 0 fully saturated rings. The summed E-state index contributed by atoms with van der Waals surface area (Å²) >= 11 is 2.13. The Morgan fingerprint density at radius 1 is 1.00 bits per heavy atom. The van der Waals surface area contributed by atoms with Crippen molar-refractivity contribution in [3.8, 4) is 0 Å². The zero-order valence-electron chi connectivity index (χ0n) is 18.1. The number of nitrogens with zero attached hydrogens (tertiary/aromatic N) is 1. The summed E-state index contributed by atoms with van der Waals surface area (Å²) < 4.78 is 33.0. The third-order valence-electron chi connectivity index (χ3n) is 4.18. The SMILES string of the molecule is COCN(C(=O)OC(C)(C)C)[C@@](F)(Cc1ccc(I)cc1)C(=O)OCc1ccccc1. The molecule has 0 radical (unpaired) electrons. The van der Waals surface area contributed by atoms with Crippen LogP contribution in [-0.2, 0) is 32.0 Å². The third kappa shape index (κ3) is 7.46. The molecule has 2 aromatic rings. The molecule has 0 aliphatic carbocycles. The number of amides is 1. The average Bonchev–Trinajstić information content (AvgIpc) is 2.71. The predicted octanol–water partition coefficient (Wildman–Crippen LogP) is 5.08. The van der Waals surface area contributed by atoms with E-state index in [1.54, 1.807) is 69.3 Å². The summed E-state index contributed by atoms with van der Waals surface area (Å²) in [7, 11) is 1.30. The first-order valence-corrected chi connectivity index (χ1v) is 10.8. The molecule has 6 nitrogen and oxygen atoms in total. The van der Waals surface area contributed by atoms with E-state index in [1.165, 1.54) is 7.11 Å². The minimum absolute atomic E-state index is 0.132. The molecule has 0 saturated carbocycles. The maximum Gasteiger partial charge on any atom is 0.415 e. The van der Waals surface area contributed by atoms with Crippen molar-refractivity contribution < 1.29 is 28.2 Å². The Labute approximate surface area is 195 Å². The number of halogens is 2. The second kappa shape index (κ2) is 10.9. The van der Waals surface area contributed by atoms with Gasteiger partial charge in [-0.3, -0.25) is 0 Å². The second-order valence-corrected chi connectivity index (χ2v) is 9.20. The van der Waals surface area contributed by atoms with Gasteiger partial charge in [0.2, 0.25) is 0 Å². The van der Waals surface area contributed by atoms with Crippen LogP contribution in [0.5, 0.6) is 0 Å². The van der Waals surface area contributed by atoms with E-state index in [0.29, 0.717) is 16.0 Å². The normalized spacial score (nSPS) is 13.2. The van der Waals surface area contributed by atoms with Crippen molar-refractivity contribution in [1.82, 2.24) is 4.90 Å². The molecule has 2 aromatic carbocycles. The Balaban J connectivity index is 2.36. The highest BCUT2D eigenvalue weighted by molar-refractivity contribution is 14.1. The lowest BCUT2D eigenvalue weighted by molar-refractivity contribution is -0.179. The van der Waals surface area contributed by atoms with Crippen LogP contribution in [0.3, 0.4) is 0 Å². The molecule has 31 heavy (non-hydrogen) atoms. The zero-order valence-corrected chi connectivity index (χ0v) is 20.2. The fraction of sp³-hybridized carbons (Fsp3) is 0.391. The maximum atomic E-state index is 16.4. The van der Waals surface area contributed by atoms with Crippen molar-refractivity contribution in [2.75, 3.05) is 13.8 Å². The molecule has 0 spiro atoms. The van der Waals surface area contributed by atoms with Crippen molar-refractivity contribution >= 4 is 34.7 Å². The summed E-state index contributed by atoms with van der Waals surface area (Å²) in [4.78, 5) is 26.4. The molecule has 0 unspecified atom stereocenters. The summed E-state index contributed by atoms with van der Waals surface area (Å²) in [6.45, 7) is 4.34. The largest absolute Gasteiger partial charge is 0.457 e. The molecule has 0 bridgehead atoms. The van der Waals surface area contributed by atoms with Gasteiger partial charge in [0.25, 0.3) is 5.79 Å². The monoisotopic (exact) mass is 543 g/mol. The van der Waals surface area contributed by atoms with Crippen molar-refractivity contribution in [1.29, 1.82) is 0 Å². The van der Waals surface area contributed by atoms with Crippen LogP contribution in [0, 0.1) is 3.57 Å². The van der Waals surface area contributed by atoms with E-state index in [9.17, 15) is 9.59 Å². The molecule has 1 amide bonds. The van der Waals surface area contributed by atoms with Gasteiger partial charge in [-0.15, -0.1) is 0 Å². The van der Waals surface area contributed by atoms with Crippen LogP contribution in [0.25, 0.3) is 0 Å². The summed E-state index contributed by atoms with van der Waals surface area (Å²) in [6, 6.07) is 15.9. The van der Waals surface area contributed by atoms with Gasteiger partial charge in [0.05, 0.1) is 0 Å². The van der Waals surface area contributed by atoms with E-state index in [-0.39, 0.29) is 6.61 Å². The fourth-order valence-corrected chi connectivity index (χ4v) is 3.09. The van der Waals surface area contributed by atoms with Crippen LogP contribution in [0.15, 0.2) is 54.6 Å². The van der Waals surface area contributed by atoms with Gasteiger partial charge in [-0.25, -0.2) is 18.9 Å². The zero-order chi connectivity index (χ0) is 23.1. The Morgan fingerprint density at radius 3 is 2.16 bits per heavy atom. The standard InChI is InChI=1S/C23H27FINO5/c1-22(2,3)31-21(28)26(16-29-4)23(24,14-17-10-12-19(25)13-11-17)20(27)30-15-18-8-6-5-7-9-18/h5-13H,14-16H2,1-4H3/t23-/m0/s1. The van der Waals surface area contributed by atoms with Crippen LogP contribution < -0.4 is 0 Å². The number of hydrogen-bond acceptors (Lipinski definition) is 5. The van der Waals surface area contributed by atoms with Gasteiger partial charge in [0, 0.05) is 17.1 Å². The van der Waals surface area contributed by atoms with Crippen molar-refractivity contribution in [2.45, 2.75) is 45.2 Å². The molecule has 0 aromatic heterocycles. The first-order chi connectivity index (χ1) is 14.5. The molecular weight excluding hydrogens is 516 g/mol. The lowest BCUT2D eigenvalue weighted by Gasteiger charge is -2.36.